The number of benzene rings is 1. The third kappa shape index (κ3) is 6.87. The normalized spacial score (nSPS) is 16.6. The number of carboxylic acids is 1. The molecule has 0 radical (unpaired) electrons. The molecule has 0 aliphatic heterocycles. The highest BCUT2D eigenvalue weighted by Crippen LogP contribution is 2.38. The summed E-state index contributed by atoms with van der Waals surface area (Å²) in [5, 5.41) is 11.9. The molecule has 28 heavy (non-hydrogen) atoms. The Labute approximate surface area is 165 Å². The number of rotatable bonds is 9. The van der Waals surface area contributed by atoms with Crippen LogP contribution in [0.15, 0.2) is 30.3 Å². The molecule has 2 N–H and O–H groups in total. The fourth-order valence-electron chi connectivity index (χ4n) is 3.60. The van der Waals surface area contributed by atoms with E-state index in [0.717, 1.165) is 32.1 Å². The van der Waals surface area contributed by atoms with Crippen molar-refractivity contribution >= 4 is 18.0 Å². The molecule has 0 saturated heterocycles. The highest BCUT2D eigenvalue weighted by Gasteiger charge is 2.35. The predicted octanol–water partition coefficient (Wildman–Crippen LogP) is 4.12. The second kappa shape index (κ2) is 10.7. The number of aliphatic carboxylic acids is 1. The van der Waals surface area contributed by atoms with Gasteiger partial charge in [-0.05, 0) is 36.8 Å². The van der Waals surface area contributed by atoms with Crippen molar-refractivity contribution in [3.8, 4) is 0 Å². The van der Waals surface area contributed by atoms with Gasteiger partial charge in [-0.1, -0.05) is 44.4 Å². The highest BCUT2D eigenvalue weighted by molar-refractivity contribution is 5.89. The number of carboxylic acid groups (broad SMARTS) is 1. The first-order valence-corrected chi connectivity index (χ1v) is 9.86. The summed E-state index contributed by atoms with van der Waals surface area (Å²) in [6.07, 6.45) is 3.91. The van der Waals surface area contributed by atoms with Crippen LogP contribution in [-0.2, 0) is 14.3 Å². The Kier molecular flexibility index (Phi) is 8.29. The number of nitrogens with one attached hydrogen (secondary N) is 1. The van der Waals surface area contributed by atoms with Crippen LogP contribution in [0.1, 0.15) is 68.6 Å². The topological polar surface area (TPSA) is 102 Å². The summed E-state index contributed by atoms with van der Waals surface area (Å²) >= 11 is 0. The highest BCUT2D eigenvalue weighted by atomic mass is 16.7. The first kappa shape index (κ1) is 21.7. The lowest BCUT2D eigenvalue weighted by molar-refractivity contribution is -0.140. The quantitative estimate of drug-likeness (QED) is 0.485. The number of carbonyl (C=O) groups excluding carboxylic acids is 2. The second-order valence-electron chi connectivity index (χ2n) is 7.38. The van der Waals surface area contributed by atoms with Gasteiger partial charge in [0.25, 0.3) is 0 Å². The maximum Gasteiger partial charge on any atom is 0.410 e. The van der Waals surface area contributed by atoms with Gasteiger partial charge in [-0.2, -0.15) is 0 Å². The van der Waals surface area contributed by atoms with Crippen LogP contribution < -0.4 is 5.32 Å². The van der Waals surface area contributed by atoms with Crippen LogP contribution in [0.25, 0.3) is 0 Å². The van der Waals surface area contributed by atoms with Crippen LogP contribution in [0, 0.1) is 5.41 Å². The Morgan fingerprint density at radius 3 is 2.39 bits per heavy atom. The van der Waals surface area contributed by atoms with Crippen LogP contribution in [-0.4, -0.2) is 36.0 Å². The van der Waals surface area contributed by atoms with Crippen molar-refractivity contribution in [1.29, 1.82) is 0 Å². The number of amides is 1. The summed E-state index contributed by atoms with van der Waals surface area (Å²) in [4.78, 5) is 35.7. The molecule has 0 heterocycles. The molecular formula is C21H29NO6. The maximum absolute atomic E-state index is 12.2. The molecule has 1 saturated carbocycles. The van der Waals surface area contributed by atoms with E-state index in [4.69, 9.17) is 9.47 Å². The summed E-state index contributed by atoms with van der Waals surface area (Å²) in [6, 6.07) is 8.51. The molecule has 1 aromatic carbocycles. The van der Waals surface area contributed by atoms with Gasteiger partial charge in [-0.25, -0.2) is 9.59 Å². The Morgan fingerprint density at radius 2 is 1.79 bits per heavy atom. The smallest absolute Gasteiger partial charge is 0.410 e. The van der Waals surface area contributed by atoms with Gasteiger partial charge < -0.3 is 19.9 Å². The molecule has 1 fully saturated rings. The Hall–Kier alpha value is -2.57. The summed E-state index contributed by atoms with van der Waals surface area (Å²) in [5.74, 6) is -1.42. The van der Waals surface area contributed by atoms with E-state index in [9.17, 15) is 19.5 Å². The first-order valence-electron chi connectivity index (χ1n) is 9.86. The second-order valence-corrected chi connectivity index (χ2v) is 7.38. The van der Waals surface area contributed by atoms with Gasteiger partial charge in [0.1, 0.15) is 0 Å². The van der Waals surface area contributed by atoms with Gasteiger partial charge >= 0.3 is 18.0 Å². The minimum atomic E-state index is -0.987. The molecule has 0 spiro atoms. The monoisotopic (exact) mass is 391 g/mol. The molecule has 1 amide bonds. The van der Waals surface area contributed by atoms with E-state index >= 15 is 0 Å². The number of ether oxygens (including phenoxy) is 2. The lowest BCUT2D eigenvalue weighted by atomic mass is 9.72. The van der Waals surface area contributed by atoms with Crippen molar-refractivity contribution in [1.82, 2.24) is 5.32 Å². The van der Waals surface area contributed by atoms with E-state index < -0.39 is 29.7 Å². The molecule has 1 unspecified atom stereocenters. The van der Waals surface area contributed by atoms with Gasteiger partial charge in [-0.15, -0.1) is 0 Å². The van der Waals surface area contributed by atoms with Crippen molar-refractivity contribution in [2.75, 3.05) is 6.54 Å². The number of esters is 1. The molecule has 1 aromatic rings. The SMILES string of the molecule is CCCC(OC(=O)NCC1(CC(=O)O)CCCCC1)OC(=O)c1ccccc1. The Balaban J connectivity index is 1.90. The van der Waals surface area contributed by atoms with Crippen molar-refractivity contribution in [3.05, 3.63) is 35.9 Å². The van der Waals surface area contributed by atoms with Crippen molar-refractivity contribution in [3.63, 3.8) is 0 Å². The van der Waals surface area contributed by atoms with E-state index in [2.05, 4.69) is 5.32 Å². The standard InChI is InChI=1S/C21H29NO6/c1-2-9-18(27-19(25)16-10-5-3-6-11-16)28-20(26)22-15-21(14-17(23)24)12-7-4-8-13-21/h3,5-6,10-11,18H,2,4,7-9,12-15H2,1H3,(H,22,26)(H,23,24). The molecule has 154 valence electrons. The summed E-state index contributed by atoms with van der Waals surface area (Å²) in [5.41, 5.74) is -0.0559. The van der Waals surface area contributed by atoms with Crippen molar-refractivity contribution in [2.24, 2.45) is 5.41 Å². The number of alkyl carbamates (subject to hydrolysis) is 1. The average molecular weight is 391 g/mol. The van der Waals surface area contributed by atoms with E-state index in [-0.39, 0.29) is 13.0 Å². The molecular weight excluding hydrogens is 362 g/mol. The van der Waals surface area contributed by atoms with E-state index in [1.54, 1.807) is 30.3 Å². The summed E-state index contributed by atoms with van der Waals surface area (Å²) < 4.78 is 10.6. The molecule has 1 atom stereocenters. The zero-order valence-electron chi connectivity index (χ0n) is 16.3. The van der Waals surface area contributed by atoms with Crippen LogP contribution in [0.5, 0.6) is 0 Å². The van der Waals surface area contributed by atoms with Gasteiger partial charge in [0, 0.05) is 13.0 Å². The number of hydrogen-bond acceptors (Lipinski definition) is 5. The zero-order chi connectivity index (χ0) is 20.4. The van der Waals surface area contributed by atoms with Gasteiger partial charge in [0.05, 0.1) is 12.0 Å². The van der Waals surface area contributed by atoms with E-state index in [0.29, 0.717) is 18.4 Å². The predicted molar refractivity (Wildman–Crippen MR) is 103 cm³/mol. The van der Waals surface area contributed by atoms with Crippen LogP contribution in [0.2, 0.25) is 0 Å². The first-order chi connectivity index (χ1) is 13.4. The Morgan fingerprint density at radius 1 is 1.11 bits per heavy atom. The number of hydrogen-bond donors (Lipinski definition) is 2. The lowest BCUT2D eigenvalue weighted by Crippen LogP contribution is -2.42. The minimum Gasteiger partial charge on any atom is -0.481 e. The number of carbonyl (C=O) groups is 3. The molecule has 1 aliphatic rings. The van der Waals surface area contributed by atoms with Crippen molar-refractivity contribution < 1.29 is 29.0 Å². The van der Waals surface area contributed by atoms with Gasteiger partial charge in [-0.3, -0.25) is 4.79 Å². The third-order valence-corrected chi connectivity index (χ3v) is 5.06. The largest absolute Gasteiger partial charge is 0.481 e. The summed E-state index contributed by atoms with van der Waals surface area (Å²) in [6.45, 7) is 2.14. The molecule has 7 heteroatoms. The third-order valence-electron chi connectivity index (χ3n) is 5.06. The van der Waals surface area contributed by atoms with Crippen LogP contribution in [0.3, 0.4) is 0 Å². The van der Waals surface area contributed by atoms with Crippen molar-refractivity contribution in [2.45, 2.75) is 64.6 Å². The minimum absolute atomic E-state index is 0.0225. The van der Waals surface area contributed by atoms with Gasteiger partial charge in [0.2, 0.25) is 6.29 Å². The molecule has 0 bridgehead atoms. The lowest BCUT2D eigenvalue weighted by Gasteiger charge is -2.36. The maximum atomic E-state index is 12.2. The molecule has 0 aromatic heterocycles. The molecule has 2 rings (SSSR count). The Bertz CT molecular complexity index is 654. The van der Waals surface area contributed by atoms with E-state index in [1.807, 2.05) is 6.92 Å². The van der Waals surface area contributed by atoms with Crippen LogP contribution in [0.4, 0.5) is 4.79 Å². The fourth-order valence-corrected chi connectivity index (χ4v) is 3.60. The van der Waals surface area contributed by atoms with Gasteiger partial charge in [0.15, 0.2) is 0 Å². The zero-order valence-corrected chi connectivity index (χ0v) is 16.3. The summed E-state index contributed by atoms with van der Waals surface area (Å²) in [7, 11) is 0. The molecule has 7 nitrogen and oxygen atoms in total. The average Bonchev–Trinajstić information content (AvgIpc) is 2.67. The van der Waals surface area contributed by atoms with E-state index in [1.165, 1.54) is 0 Å². The van der Waals surface area contributed by atoms with Crippen LogP contribution >= 0.6 is 0 Å². The molecule has 1 aliphatic carbocycles. The fraction of sp³-hybridized carbons (Fsp3) is 0.571.